The Hall–Kier alpha value is -2.54. The zero-order valence-corrected chi connectivity index (χ0v) is 15.5. The normalized spacial score (nSPS) is 18.8. The van der Waals surface area contributed by atoms with Crippen LogP contribution in [0.25, 0.3) is 0 Å². The average molecular weight is 368 g/mol. The summed E-state index contributed by atoms with van der Waals surface area (Å²) in [5, 5.41) is 3.98. The van der Waals surface area contributed by atoms with E-state index in [0.717, 1.165) is 41.0 Å². The van der Waals surface area contributed by atoms with Crippen molar-refractivity contribution in [2.75, 3.05) is 24.4 Å². The Morgan fingerprint density at radius 3 is 2.69 bits per heavy atom. The summed E-state index contributed by atoms with van der Waals surface area (Å²) < 4.78 is 5.26. The number of thioether (sulfide) groups is 1. The number of allylic oxidation sites excluding steroid dienone is 2. The van der Waals surface area contributed by atoms with Crippen molar-refractivity contribution in [1.82, 2.24) is 9.97 Å². The monoisotopic (exact) mass is 368 g/mol. The number of carbonyl (C=O) groups excluding carboxylic acids is 1. The Kier molecular flexibility index (Phi) is 4.32. The maximum absolute atomic E-state index is 12.8. The Morgan fingerprint density at radius 1 is 1.23 bits per heavy atom. The highest BCUT2D eigenvalue weighted by Gasteiger charge is 2.37. The summed E-state index contributed by atoms with van der Waals surface area (Å²) in [5.74, 6) is 1.80. The van der Waals surface area contributed by atoms with Gasteiger partial charge < -0.3 is 15.8 Å². The van der Waals surface area contributed by atoms with E-state index in [1.54, 1.807) is 7.11 Å². The van der Waals surface area contributed by atoms with E-state index in [1.807, 2.05) is 30.5 Å². The molecule has 1 aromatic heterocycles. The van der Waals surface area contributed by atoms with Crippen LogP contribution >= 0.6 is 11.8 Å². The van der Waals surface area contributed by atoms with Crippen LogP contribution in [0.5, 0.6) is 5.75 Å². The number of hydrogen-bond acceptors (Lipinski definition) is 7. The summed E-state index contributed by atoms with van der Waals surface area (Å²) in [7, 11) is 1.63. The molecule has 134 valence electrons. The number of nitrogens with zero attached hydrogens (tertiary/aromatic N) is 2. The van der Waals surface area contributed by atoms with Gasteiger partial charge in [0.2, 0.25) is 0 Å². The van der Waals surface area contributed by atoms with E-state index in [4.69, 9.17) is 10.5 Å². The molecule has 0 radical (unpaired) electrons. The standard InChI is InChI=1S/C19H20N4O2S/c1-25-11-8-6-10(7-9-11)14-15-12(4-3-5-13(15)24)21-18-16(14)17(20)22-19(23-18)26-2/h6-9,14H,3-5H2,1-2H3,(H3,20,21,22,23)/t14-/m0/s1. The molecule has 6 nitrogen and oxygen atoms in total. The maximum atomic E-state index is 12.8. The van der Waals surface area contributed by atoms with Gasteiger partial charge in [-0.25, -0.2) is 9.97 Å². The van der Waals surface area contributed by atoms with Crippen LogP contribution in [0, 0.1) is 0 Å². The van der Waals surface area contributed by atoms with Crippen molar-refractivity contribution >= 4 is 29.2 Å². The quantitative estimate of drug-likeness (QED) is 0.634. The van der Waals surface area contributed by atoms with Crippen LogP contribution < -0.4 is 15.8 Å². The molecule has 0 saturated carbocycles. The summed E-state index contributed by atoms with van der Waals surface area (Å²) >= 11 is 1.45. The smallest absolute Gasteiger partial charge is 0.191 e. The van der Waals surface area contributed by atoms with Gasteiger partial charge in [0.1, 0.15) is 17.4 Å². The molecule has 3 N–H and O–H groups in total. The van der Waals surface area contributed by atoms with Crippen LogP contribution in [-0.4, -0.2) is 29.1 Å². The highest BCUT2D eigenvalue weighted by Crippen LogP contribution is 2.46. The molecule has 26 heavy (non-hydrogen) atoms. The number of methoxy groups -OCH3 is 1. The molecule has 0 bridgehead atoms. The molecule has 0 fully saturated rings. The molecule has 2 heterocycles. The largest absolute Gasteiger partial charge is 0.497 e. The van der Waals surface area contributed by atoms with Crippen LogP contribution in [0.3, 0.4) is 0 Å². The number of carbonyl (C=O) groups is 1. The van der Waals surface area contributed by atoms with E-state index >= 15 is 0 Å². The van der Waals surface area contributed by atoms with Gasteiger partial charge >= 0.3 is 0 Å². The zero-order valence-electron chi connectivity index (χ0n) is 14.7. The second kappa shape index (κ2) is 6.64. The minimum Gasteiger partial charge on any atom is -0.497 e. The van der Waals surface area contributed by atoms with Crippen molar-refractivity contribution in [1.29, 1.82) is 0 Å². The van der Waals surface area contributed by atoms with Crippen molar-refractivity contribution in [2.45, 2.75) is 30.3 Å². The van der Waals surface area contributed by atoms with Crippen molar-refractivity contribution < 1.29 is 9.53 Å². The van der Waals surface area contributed by atoms with Gasteiger partial charge in [-0.1, -0.05) is 23.9 Å². The molecule has 0 saturated heterocycles. The fourth-order valence-electron chi connectivity index (χ4n) is 3.68. The molecular weight excluding hydrogens is 348 g/mol. The van der Waals surface area contributed by atoms with E-state index < -0.39 is 0 Å². The van der Waals surface area contributed by atoms with Crippen LogP contribution in [0.15, 0.2) is 40.7 Å². The van der Waals surface area contributed by atoms with Crippen molar-refractivity contribution in [2.24, 2.45) is 0 Å². The van der Waals surface area contributed by atoms with Crippen LogP contribution in [0.1, 0.15) is 36.3 Å². The topological polar surface area (TPSA) is 90.1 Å². The number of fused-ring (bicyclic) bond motifs is 1. The molecule has 1 aromatic carbocycles. The lowest BCUT2D eigenvalue weighted by molar-refractivity contribution is -0.116. The van der Waals surface area contributed by atoms with Gasteiger partial charge in [-0.2, -0.15) is 0 Å². The Morgan fingerprint density at radius 2 is 2.00 bits per heavy atom. The number of nitrogens with two attached hydrogens (primary N) is 1. The molecule has 0 amide bonds. The van der Waals surface area contributed by atoms with E-state index in [0.29, 0.717) is 23.2 Å². The summed E-state index contributed by atoms with van der Waals surface area (Å²) in [6.45, 7) is 0. The predicted octanol–water partition coefficient (Wildman–Crippen LogP) is 3.35. The highest BCUT2D eigenvalue weighted by molar-refractivity contribution is 7.98. The minimum atomic E-state index is -0.254. The first-order chi connectivity index (χ1) is 12.6. The van der Waals surface area contributed by atoms with Gasteiger partial charge in [0.25, 0.3) is 0 Å². The lowest BCUT2D eigenvalue weighted by Gasteiger charge is -2.33. The van der Waals surface area contributed by atoms with Gasteiger partial charge in [-0.3, -0.25) is 4.79 Å². The van der Waals surface area contributed by atoms with E-state index in [-0.39, 0.29) is 11.7 Å². The van der Waals surface area contributed by atoms with Gasteiger partial charge in [-0.15, -0.1) is 0 Å². The highest BCUT2D eigenvalue weighted by atomic mass is 32.2. The minimum absolute atomic E-state index is 0.165. The van der Waals surface area contributed by atoms with Gasteiger partial charge in [0.15, 0.2) is 10.9 Å². The second-order valence-electron chi connectivity index (χ2n) is 6.36. The predicted molar refractivity (Wildman–Crippen MR) is 103 cm³/mol. The summed E-state index contributed by atoms with van der Waals surface area (Å²) in [6.07, 6.45) is 4.17. The molecule has 0 spiro atoms. The number of nitrogen functional groups attached to an aromatic ring is 1. The third kappa shape index (κ3) is 2.72. The third-order valence-corrected chi connectivity index (χ3v) is 5.44. The number of aromatic nitrogens is 2. The summed E-state index contributed by atoms with van der Waals surface area (Å²) in [4.78, 5) is 21.8. The van der Waals surface area contributed by atoms with Crippen LogP contribution in [-0.2, 0) is 4.79 Å². The van der Waals surface area contributed by atoms with Crippen molar-refractivity contribution in [3.63, 3.8) is 0 Å². The molecule has 1 aliphatic carbocycles. The van der Waals surface area contributed by atoms with Gasteiger partial charge in [-0.05, 0) is 36.8 Å². The number of ether oxygens (including phenoxy) is 1. The number of rotatable bonds is 3. The number of hydrogen-bond donors (Lipinski definition) is 2. The SMILES string of the molecule is COc1ccc([C@H]2C3=C(CCCC3=O)Nc3nc(SC)nc(N)c32)cc1. The Labute approximate surface area is 156 Å². The van der Waals surface area contributed by atoms with E-state index in [2.05, 4.69) is 15.3 Å². The third-order valence-electron chi connectivity index (χ3n) is 4.89. The first kappa shape index (κ1) is 16.9. The Balaban J connectivity index is 1.93. The second-order valence-corrected chi connectivity index (χ2v) is 7.13. The van der Waals surface area contributed by atoms with E-state index in [1.165, 1.54) is 11.8 Å². The van der Waals surface area contributed by atoms with Crippen molar-refractivity contribution in [3.8, 4) is 5.75 Å². The molecular formula is C19H20N4O2S. The molecule has 1 aliphatic heterocycles. The number of nitrogens with one attached hydrogen (secondary N) is 1. The number of Topliss-reactive ketones (excluding diaryl/α,β-unsaturated/α-hetero) is 1. The zero-order chi connectivity index (χ0) is 18.3. The molecule has 7 heteroatoms. The fraction of sp³-hybridized carbons (Fsp3) is 0.316. The lowest BCUT2D eigenvalue weighted by atomic mass is 9.76. The summed E-state index contributed by atoms with van der Waals surface area (Å²) in [5.41, 5.74) is 9.83. The Bertz CT molecular complexity index is 909. The fourth-order valence-corrected chi connectivity index (χ4v) is 4.05. The van der Waals surface area contributed by atoms with Crippen LogP contribution in [0.4, 0.5) is 11.6 Å². The maximum Gasteiger partial charge on any atom is 0.191 e. The average Bonchev–Trinajstić information content (AvgIpc) is 2.66. The van der Waals surface area contributed by atoms with Crippen molar-refractivity contribution in [3.05, 3.63) is 46.7 Å². The lowest BCUT2D eigenvalue weighted by Crippen LogP contribution is -2.28. The van der Waals surface area contributed by atoms with Gasteiger partial charge in [0, 0.05) is 29.2 Å². The molecule has 2 aliphatic rings. The first-order valence-electron chi connectivity index (χ1n) is 8.51. The molecule has 2 aromatic rings. The molecule has 0 unspecified atom stereocenters. The summed E-state index contributed by atoms with van der Waals surface area (Å²) in [6, 6.07) is 7.76. The van der Waals surface area contributed by atoms with E-state index in [9.17, 15) is 4.79 Å². The van der Waals surface area contributed by atoms with Gasteiger partial charge in [0.05, 0.1) is 7.11 Å². The number of benzene rings is 1. The first-order valence-corrected chi connectivity index (χ1v) is 9.73. The molecule has 4 rings (SSSR count). The number of ketones is 1. The molecule has 1 atom stereocenters. The number of anilines is 2. The van der Waals surface area contributed by atoms with Crippen LogP contribution in [0.2, 0.25) is 0 Å².